The quantitative estimate of drug-likeness (QED) is 0.847. The Bertz CT molecular complexity index is 623. The summed E-state index contributed by atoms with van der Waals surface area (Å²) in [5, 5.41) is 0. The number of carbonyl (C=O) groups is 2. The Hall–Kier alpha value is -2.31. The summed E-state index contributed by atoms with van der Waals surface area (Å²) in [6.07, 6.45) is 1.99. The molecule has 0 spiro atoms. The van der Waals surface area contributed by atoms with Crippen molar-refractivity contribution >= 4 is 17.8 Å². The Morgan fingerprint density at radius 3 is 2.39 bits per heavy atom. The van der Waals surface area contributed by atoms with Gasteiger partial charge in [0.15, 0.2) is 0 Å². The van der Waals surface area contributed by atoms with Crippen LogP contribution in [0.1, 0.15) is 37.6 Å². The summed E-state index contributed by atoms with van der Waals surface area (Å²) in [6, 6.07) is 3.37. The number of hydrogen-bond donors (Lipinski definition) is 1. The lowest BCUT2D eigenvalue weighted by Crippen LogP contribution is -2.51. The van der Waals surface area contributed by atoms with Gasteiger partial charge in [0, 0.05) is 19.3 Å². The zero-order valence-corrected chi connectivity index (χ0v) is 13.7. The van der Waals surface area contributed by atoms with Gasteiger partial charge in [0.1, 0.15) is 11.4 Å². The molecule has 3 heterocycles. The van der Waals surface area contributed by atoms with Crippen LogP contribution in [0.15, 0.2) is 18.3 Å². The van der Waals surface area contributed by atoms with Gasteiger partial charge in [-0.25, -0.2) is 9.78 Å². The summed E-state index contributed by atoms with van der Waals surface area (Å²) < 4.78 is 5.43. The van der Waals surface area contributed by atoms with E-state index in [2.05, 4.69) is 4.98 Å². The topological polar surface area (TPSA) is 88.8 Å². The van der Waals surface area contributed by atoms with Crippen molar-refractivity contribution in [1.82, 2.24) is 14.8 Å². The monoisotopic (exact) mass is 318 g/mol. The maximum Gasteiger partial charge on any atom is 0.410 e. The van der Waals surface area contributed by atoms with Gasteiger partial charge in [0.25, 0.3) is 5.91 Å². The molecule has 1 unspecified atom stereocenters. The predicted molar refractivity (Wildman–Crippen MR) is 84.8 cm³/mol. The molecule has 0 saturated carbocycles. The van der Waals surface area contributed by atoms with Crippen LogP contribution in [-0.4, -0.2) is 57.6 Å². The number of ether oxygens (including phenoxy) is 1. The van der Waals surface area contributed by atoms with E-state index in [1.54, 1.807) is 17.0 Å². The smallest absolute Gasteiger partial charge is 0.410 e. The summed E-state index contributed by atoms with van der Waals surface area (Å²) in [5.41, 5.74) is 5.56. The first kappa shape index (κ1) is 15.6. The number of carbonyl (C=O) groups excluding carboxylic acids is 2. The number of aromatic nitrogens is 1. The molecule has 23 heavy (non-hydrogen) atoms. The Balaban J connectivity index is 1.65. The van der Waals surface area contributed by atoms with Crippen LogP contribution in [0.4, 0.5) is 10.6 Å². The molecule has 2 bridgehead atoms. The van der Waals surface area contributed by atoms with E-state index < -0.39 is 5.60 Å². The lowest BCUT2D eigenvalue weighted by Gasteiger charge is -2.35. The standard InChI is InChI=1S/C16H22N4O3/c1-16(2,3)23-15(22)20-9-11-6-12(20)8-19(11)14(21)10-4-5-13(17)18-7-10/h4-5,7,11-12H,6,8-9H2,1-3H3,(H2,17,18)/t11-,12?/m1/s1. The largest absolute Gasteiger partial charge is 0.444 e. The number of fused-ring (bicyclic) bond motifs is 2. The maximum atomic E-state index is 12.6. The third-order valence-electron chi connectivity index (χ3n) is 4.16. The van der Waals surface area contributed by atoms with Crippen molar-refractivity contribution < 1.29 is 14.3 Å². The van der Waals surface area contributed by atoms with E-state index in [4.69, 9.17) is 10.5 Å². The second kappa shape index (κ2) is 5.40. The summed E-state index contributed by atoms with van der Waals surface area (Å²) in [6.45, 7) is 6.61. The molecular formula is C16H22N4O3. The number of nitrogen functional groups attached to an aromatic ring is 1. The zero-order valence-electron chi connectivity index (χ0n) is 13.7. The van der Waals surface area contributed by atoms with Gasteiger partial charge in [0.05, 0.1) is 17.6 Å². The van der Waals surface area contributed by atoms with Crippen molar-refractivity contribution in [3.8, 4) is 0 Å². The highest BCUT2D eigenvalue weighted by atomic mass is 16.6. The molecule has 3 rings (SSSR count). The first-order chi connectivity index (χ1) is 10.7. The molecule has 124 valence electrons. The van der Waals surface area contributed by atoms with Gasteiger partial charge in [-0.05, 0) is 39.3 Å². The number of likely N-dealkylation sites (tertiary alicyclic amines) is 2. The third kappa shape index (κ3) is 3.09. The molecule has 7 heteroatoms. The van der Waals surface area contributed by atoms with Gasteiger partial charge in [-0.15, -0.1) is 0 Å². The molecule has 2 aliphatic heterocycles. The van der Waals surface area contributed by atoms with Crippen LogP contribution >= 0.6 is 0 Å². The number of piperazine rings is 1. The van der Waals surface area contributed by atoms with E-state index in [0.717, 1.165) is 6.42 Å². The molecular weight excluding hydrogens is 296 g/mol. The summed E-state index contributed by atoms with van der Waals surface area (Å²) in [7, 11) is 0. The second-order valence-electron chi connectivity index (χ2n) is 7.11. The number of nitrogens with two attached hydrogens (primary N) is 1. The molecule has 2 saturated heterocycles. The fourth-order valence-corrected chi connectivity index (χ4v) is 3.16. The zero-order chi connectivity index (χ0) is 16.8. The van der Waals surface area contributed by atoms with E-state index in [1.165, 1.54) is 6.20 Å². The van der Waals surface area contributed by atoms with Crippen LogP contribution in [0.5, 0.6) is 0 Å². The highest BCUT2D eigenvalue weighted by Crippen LogP contribution is 2.32. The Labute approximate surface area is 135 Å². The van der Waals surface area contributed by atoms with Crippen molar-refractivity contribution in [2.24, 2.45) is 0 Å². The number of rotatable bonds is 1. The Kier molecular flexibility index (Phi) is 3.66. The molecule has 7 nitrogen and oxygen atoms in total. The minimum atomic E-state index is -0.510. The second-order valence-corrected chi connectivity index (χ2v) is 7.11. The van der Waals surface area contributed by atoms with Gasteiger partial charge < -0.3 is 20.3 Å². The summed E-state index contributed by atoms with van der Waals surface area (Å²) in [4.78, 5) is 32.3. The number of hydrogen-bond acceptors (Lipinski definition) is 5. The van der Waals surface area contributed by atoms with Crippen molar-refractivity contribution in [1.29, 1.82) is 0 Å². The van der Waals surface area contributed by atoms with Crippen LogP contribution < -0.4 is 5.73 Å². The molecule has 0 aromatic carbocycles. The predicted octanol–water partition coefficient (Wildman–Crippen LogP) is 1.50. The Morgan fingerprint density at radius 2 is 1.87 bits per heavy atom. The van der Waals surface area contributed by atoms with E-state index in [1.807, 2.05) is 25.7 Å². The van der Waals surface area contributed by atoms with Gasteiger partial charge >= 0.3 is 6.09 Å². The molecule has 0 radical (unpaired) electrons. The van der Waals surface area contributed by atoms with Crippen molar-refractivity contribution in [2.45, 2.75) is 44.9 Å². The normalized spacial score (nSPS) is 23.3. The first-order valence-electron chi connectivity index (χ1n) is 7.77. The van der Waals surface area contributed by atoms with E-state index in [0.29, 0.717) is 24.5 Å². The number of pyridine rings is 1. The van der Waals surface area contributed by atoms with Crippen LogP contribution in [0.3, 0.4) is 0 Å². The summed E-state index contributed by atoms with van der Waals surface area (Å²) in [5.74, 6) is 0.328. The average molecular weight is 318 g/mol. The lowest BCUT2D eigenvalue weighted by atomic mass is 10.2. The van der Waals surface area contributed by atoms with Crippen LogP contribution in [-0.2, 0) is 4.74 Å². The van der Waals surface area contributed by atoms with Crippen LogP contribution in [0, 0.1) is 0 Å². The highest BCUT2D eigenvalue weighted by molar-refractivity contribution is 5.94. The fraction of sp³-hybridized carbons (Fsp3) is 0.562. The molecule has 2 atom stereocenters. The van der Waals surface area contributed by atoms with Gasteiger partial charge in [-0.1, -0.05) is 0 Å². The average Bonchev–Trinajstić information content (AvgIpc) is 3.05. The van der Waals surface area contributed by atoms with E-state index >= 15 is 0 Å². The first-order valence-corrected chi connectivity index (χ1v) is 7.77. The van der Waals surface area contributed by atoms with Crippen molar-refractivity contribution in [3.05, 3.63) is 23.9 Å². The summed E-state index contributed by atoms with van der Waals surface area (Å²) >= 11 is 0. The molecule has 0 aliphatic carbocycles. The van der Waals surface area contributed by atoms with Crippen molar-refractivity contribution in [3.63, 3.8) is 0 Å². The molecule has 1 aromatic heterocycles. The van der Waals surface area contributed by atoms with E-state index in [-0.39, 0.29) is 24.1 Å². The van der Waals surface area contributed by atoms with Gasteiger partial charge in [-0.2, -0.15) is 0 Å². The van der Waals surface area contributed by atoms with E-state index in [9.17, 15) is 9.59 Å². The molecule has 2 N–H and O–H groups in total. The van der Waals surface area contributed by atoms with Crippen molar-refractivity contribution in [2.75, 3.05) is 18.8 Å². The number of nitrogens with zero attached hydrogens (tertiary/aromatic N) is 3. The number of anilines is 1. The van der Waals surface area contributed by atoms with Gasteiger partial charge in [-0.3, -0.25) is 4.79 Å². The third-order valence-corrected chi connectivity index (χ3v) is 4.16. The minimum absolute atomic E-state index is 0.0283. The maximum absolute atomic E-state index is 12.6. The SMILES string of the molecule is CC(C)(C)OC(=O)N1C[C@H]2CC1CN2C(=O)c1ccc(N)nc1. The molecule has 2 amide bonds. The van der Waals surface area contributed by atoms with Crippen LogP contribution in [0.2, 0.25) is 0 Å². The molecule has 1 aromatic rings. The molecule has 2 aliphatic rings. The lowest BCUT2D eigenvalue weighted by molar-refractivity contribution is 0.0126. The minimum Gasteiger partial charge on any atom is -0.444 e. The van der Waals surface area contributed by atoms with Gasteiger partial charge in [0.2, 0.25) is 0 Å². The van der Waals surface area contributed by atoms with Crippen LogP contribution in [0.25, 0.3) is 0 Å². The fourth-order valence-electron chi connectivity index (χ4n) is 3.16. The Morgan fingerprint density at radius 1 is 1.22 bits per heavy atom. The number of amides is 2. The molecule has 2 fully saturated rings. The highest BCUT2D eigenvalue weighted by Gasteiger charge is 2.48.